The van der Waals surface area contributed by atoms with Gasteiger partial charge in [-0.15, -0.1) is 11.6 Å². The SMILES string of the molecule is C=C1CC[C@@H](Br)C(C)(C)C12CC[C@@](C)(O)[C@@H](Cl)C2. The minimum atomic E-state index is -0.734. The maximum Gasteiger partial charge on any atom is 0.0783 e. The van der Waals surface area contributed by atoms with Crippen molar-refractivity contribution in [1.82, 2.24) is 0 Å². The predicted molar refractivity (Wildman–Crippen MR) is 81.4 cm³/mol. The normalized spacial score (nSPS) is 48.4. The Kier molecular flexibility index (Phi) is 3.71. The van der Waals surface area contributed by atoms with Crippen molar-refractivity contribution in [2.75, 3.05) is 0 Å². The second kappa shape index (κ2) is 4.49. The minimum absolute atomic E-state index is 0.0775. The van der Waals surface area contributed by atoms with E-state index in [9.17, 15) is 5.11 Å². The largest absolute Gasteiger partial charge is 0.389 e. The molecule has 0 saturated heterocycles. The second-order valence-electron chi connectivity index (χ2n) is 6.94. The molecule has 2 fully saturated rings. The molecule has 2 aliphatic carbocycles. The van der Waals surface area contributed by atoms with Crippen LogP contribution in [0.25, 0.3) is 0 Å². The van der Waals surface area contributed by atoms with E-state index in [1.807, 2.05) is 6.92 Å². The molecule has 1 N–H and O–H groups in total. The quantitative estimate of drug-likeness (QED) is 0.504. The maximum atomic E-state index is 10.3. The van der Waals surface area contributed by atoms with Crippen molar-refractivity contribution >= 4 is 27.5 Å². The Morgan fingerprint density at radius 1 is 1.33 bits per heavy atom. The van der Waals surface area contributed by atoms with Crippen LogP contribution in [0.3, 0.4) is 0 Å². The highest BCUT2D eigenvalue weighted by Crippen LogP contribution is 2.63. The molecule has 0 amide bonds. The van der Waals surface area contributed by atoms with Crippen LogP contribution in [0.4, 0.5) is 0 Å². The fraction of sp³-hybridized carbons (Fsp3) is 0.867. The Labute approximate surface area is 124 Å². The van der Waals surface area contributed by atoms with Gasteiger partial charge >= 0.3 is 0 Å². The van der Waals surface area contributed by atoms with Gasteiger partial charge in [0.25, 0.3) is 0 Å². The number of allylic oxidation sites excluding steroid dienone is 1. The summed E-state index contributed by atoms with van der Waals surface area (Å²) < 4.78 is 0. The minimum Gasteiger partial charge on any atom is -0.389 e. The zero-order chi connectivity index (χ0) is 13.8. The third kappa shape index (κ3) is 1.99. The van der Waals surface area contributed by atoms with E-state index in [0.717, 1.165) is 32.1 Å². The number of rotatable bonds is 0. The number of hydrogen-bond acceptors (Lipinski definition) is 1. The molecule has 18 heavy (non-hydrogen) atoms. The highest BCUT2D eigenvalue weighted by atomic mass is 79.9. The Hall–Kier alpha value is 0.470. The van der Waals surface area contributed by atoms with Crippen LogP contribution < -0.4 is 0 Å². The molecule has 1 unspecified atom stereocenters. The van der Waals surface area contributed by atoms with E-state index in [1.165, 1.54) is 5.57 Å². The molecule has 0 radical (unpaired) electrons. The van der Waals surface area contributed by atoms with Crippen LogP contribution in [0.2, 0.25) is 0 Å². The molecule has 3 heteroatoms. The first kappa shape index (κ1) is 14.9. The average molecular weight is 336 g/mol. The number of alkyl halides is 2. The van der Waals surface area contributed by atoms with Crippen molar-refractivity contribution in [3.63, 3.8) is 0 Å². The van der Waals surface area contributed by atoms with E-state index in [1.54, 1.807) is 0 Å². The first-order valence-electron chi connectivity index (χ1n) is 6.82. The third-order valence-electron chi connectivity index (χ3n) is 5.65. The van der Waals surface area contributed by atoms with Crippen LogP contribution in [-0.4, -0.2) is 20.9 Å². The summed E-state index contributed by atoms with van der Waals surface area (Å²) >= 11 is 10.3. The topological polar surface area (TPSA) is 20.2 Å². The van der Waals surface area contributed by atoms with Crippen molar-refractivity contribution < 1.29 is 5.11 Å². The summed E-state index contributed by atoms with van der Waals surface area (Å²) in [5.41, 5.74) is 0.826. The zero-order valence-electron chi connectivity index (χ0n) is 11.6. The predicted octanol–water partition coefficient (Wildman–Crippen LogP) is 4.65. The summed E-state index contributed by atoms with van der Waals surface area (Å²) in [6.45, 7) is 10.8. The van der Waals surface area contributed by atoms with Gasteiger partial charge in [0.1, 0.15) is 0 Å². The lowest BCUT2D eigenvalue weighted by molar-refractivity contribution is -0.0506. The van der Waals surface area contributed by atoms with Crippen LogP contribution in [0.1, 0.15) is 52.9 Å². The van der Waals surface area contributed by atoms with E-state index in [2.05, 4.69) is 36.4 Å². The molecule has 1 spiro atoms. The number of aliphatic hydroxyl groups is 1. The summed E-state index contributed by atoms with van der Waals surface area (Å²) in [6, 6.07) is 0. The van der Waals surface area contributed by atoms with Gasteiger partial charge in [-0.05, 0) is 49.9 Å². The summed E-state index contributed by atoms with van der Waals surface area (Å²) in [7, 11) is 0. The van der Waals surface area contributed by atoms with Crippen LogP contribution in [0.15, 0.2) is 12.2 Å². The van der Waals surface area contributed by atoms with Crippen molar-refractivity contribution in [2.45, 2.75) is 68.7 Å². The smallest absolute Gasteiger partial charge is 0.0783 e. The molecular weight excluding hydrogens is 312 g/mol. The second-order valence-corrected chi connectivity index (χ2v) is 8.57. The molecule has 104 valence electrons. The summed E-state index contributed by atoms with van der Waals surface area (Å²) in [5.74, 6) is 0. The van der Waals surface area contributed by atoms with Crippen molar-refractivity contribution in [1.29, 1.82) is 0 Å². The van der Waals surface area contributed by atoms with Gasteiger partial charge < -0.3 is 5.11 Å². The van der Waals surface area contributed by atoms with Crippen molar-refractivity contribution in [3.05, 3.63) is 12.2 Å². The lowest BCUT2D eigenvalue weighted by Crippen LogP contribution is -2.56. The van der Waals surface area contributed by atoms with E-state index in [0.29, 0.717) is 4.83 Å². The Morgan fingerprint density at radius 2 is 1.94 bits per heavy atom. The van der Waals surface area contributed by atoms with Gasteiger partial charge in [0.05, 0.1) is 11.0 Å². The van der Waals surface area contributed by atoms with E-state index in [-0.39, 0.29) is 16.2 Å². The van der Waals surface area contributed by atoms with Crippen LogP contribution >= 0.6 is 27.5 Å². The van der Waals surface area contributed by atoms with Crippen LogP contribution in [-0.2, 0) is 0 Å². The Bertz CT molecular complexity index is 364. The lowest BCUT2D eigenvalue weighted by atomic mass is 9.49. The van der Waals surface area contributed by atoms with Gasteiger partial charge in [-0.25, -0.2) is 0 Å². The zero-order valence-corrected chi connectivity index (χ0v) is 13.9. The number of hydrogen-bond donors (Lipinski definition) is 1. The molecule has 0 aromatic heterocycles. The molecule has 0 bridgehead atoms. The first-order valence-corrected chi connectivity index (χ1v) is 8.17. The molecule has 4 atom stereocenters. The summed E-state index contributed by atoms with van der Waals surface area (Å²) in [5, 5.41) is 10.1. The maximum absolute atomic E-state index is 10.3. The molecule has 2 aliphatic rings. The highest BCUT2D eigenvalue weighted by molar-refractivity contribution is 9.09. The third-order valence-corrected chi connectivity index (χ3v) is 7.88. The Balaban J connectivity index is 2.37. The van der Waals surface area contributed by atoms with E-state index in [4.69, 9.17) is 11.6 Å². The van der Waals surface area contributed by atoms with Crippen LogP contribution in [0.5, 0.6) is 0 Å². The average Bonchev–Trinajstić information content (AvgIpc) is 2.27. The molecule has 2 rings (SSSR count). The standard InChI is InChI=1S/C15H24BrClO/c1-10-5-6-11(16)13(2,3)15(10)8-7-14(4,18)12(17)9-15/h11-12,18H,1,5-9H2,2-4H3/t11-,12+,14-,15?/m1/s1. The summed E-state index contributed by atoms with van der Waals surface area (Å²) in [6.07, 6.45) is 4.83. The monoisotopic (exact) mass is 334 g/mol. The van der Waals surface area contributed by atoms with Crippen LogP contribution in [0, 0.1) is 10.8 Å². The van der Waals surface area contributed by atoms with Crippen molar-refractivity contribution in [3.8, 4) is 0 Å². The first-order chi connectivity index (χ1) is 8.13. The van der Waals surface area contributed by atoms with Crippen molar-refractivity contribution in [2.24, 2.45) is 10.8 Å². The molecule has 0 aromatic carbocycles. The Morgan fingerprint density at radius 3 is 2.50 bits per heavy atom. The molecule has 0 heterocycles. The molecule has 0 aromatic rings. The molecule has 0 aliphatic heterocycles. The van der Waals surface area contributed by atoms with E-state index < -0.39 is 5.60 Å². The van der Waals surface area contributed by atoms with Gasteiger partial charge in [-0.3, -0.25) is 0 Å². The molecule has 2 saturated carbocycles. The highest BCUT2D eigenvalue weighted by Gasteiger charge is 2.57. The van der Waals surface area contributed by atoms with Gasteiger partial charge in [-0.2, -0.15) is 0 Å². The van der Waals surface area contributed by atoms with E-state index >= 15 is 0 Å². The number of halogens is 2. The fourth-order valence-electron chi connectivity index (χ4n) is 3.81. The fourth-order valence-corrected chi connectivity index (χ4v) is 4.85. The lowest BCUT2D eigenvalue weighted by Gasteiger charge is -2.59. The van der Waals surface area contributed by atoms with Gasteiger partial charge in [-0.1, -0.05) is 41.9 Å². The van der Waals surface area contributed by atoms with Gasteiger partial charge in [0, 0.05) is 4.83 Å². The molecule has 1 nitrogen and oxygen atoms in total. The summed E-state index contributed by atoms with van der Waals surface area (Å²) in [4.78, 5) is 0.502. The van der Waals surface area contributed by atoms with Gasteiger partial charge in [0.2, 0.25) is 0 Å². The molecular formula is C15H24BrClO. The van der Waals surface area contributed by atoms with Gasteiger partial charge in [0.15, 0.2) is 0 Å².